The van der Waals surface area contributed by atoms with Gasteiger partial charge >= 0.3 is 0 Å². The lowest BCUT2D eigenvalue weighted by Gasteiger charge is -2.22. The molecule has 0 unspecified atom stereocenters. The summed E-state index contributed by atoms with van der Waals surface area (Å²) in [6.07, 6.45) is 0. The third-order valence-electron chi connectivity index (χ3n) is 4.00. The van der Waals surface area contributed by atoms with Crippen molar-refractivity contribution >= 4 is 39.1 Å². The Bertz CT molecular complexity index is 910. The molecule has 2 amide bonds. The molecule has 0 aliphatic heterocycles. The highest BCUT2D eigenvalue weighted by Gasteiger charge is 2.20. The third-order valence-corrected chi connectivity index (χ3v) is 4.85. The largest absolute Gasteiger partial charge is 0.364 e. The Balaban J connectivity index is 1.95. The summed E-state index contributed by atoms with van der Waals surface area (Å²) in [7, 11) is 0. The Morgan fingerprint density at radius 3 is 2.71 bits per heavy atom. The van der Waals surface area contributed by atoms with E-state index in [1.807, 2.05) is 49.6 Å². The molecule has 0 saturated carbocycles. The minimum Gasteiger partial charge on any atom is -0.364 e. The smallest absolute Gasteiger partial charge is 0.265 e. The van der Waals surface area contributed by atoms with Gasteiger partial charge in [0, 0.05) is 12.2 Å². The summed E-state index contributed by atoms with van der Waals surface area (Å²) in [4.78, 5) is 26.3. The van der Waals surface area contributed by atoms with Crippen molar-refractivity contribution < 1.29 is 9.59 Å². The fourth-order valence-electron chi connectivity index (χ4n) is 2.87. The lowest BCUT2D eigenvalue weighted by atomic mass is 10.2. The zero-order valence-corrected chi connectivity index (χ0v) is 14.5. The van der Waals surface area contributed by atoms with Crippen LogP contribution in [-0.2, 0) is 11.3 Å². The molecule has 0 fully saturated rings. The van der Waals surface area contributed by atoms with Crippen LogP contribution in [0.25, 0.3) is 10.2 Å². The first-order chi connectivity index (χ1) is 11.5. The molecular weight excluding hydrogens is 322 g/mol. The Kier molecular flexibility index (Phi) is 4.40. The monoisotopic (exact) mass is 341 g/mol. The van der Waals surface area contributed by atoms with E-state index >= 15 is 0 Å². The first-order valence-corrected chi connectivity index (χ1v) is 8.62. The minimum absolute atomic E-state index is 0.0747. The van der Waals surface area contributed by atoms with Crippen molar-refractivity contribution in [1.82, 2.24) is 4.57 Å². The predicted molar refractivity (Wildman–Crippen MR) is 97.5 cm³/mol. The van der Waals surface area contributed by atoms with Crippen LogP contribution >= 0.6 is 11.3 Å². The van der Waals surface area contributed by atoms with Gasteiger partial charge < -0.3 is 15.2 Å². The van der Waals surface area contributed by atoms with Crippen molar-refractivity contribution in [1.29, 1.82) is 0 Å². The number of hydrogen-bond donors (Lipinski definition) is 1. The molecule has 6 heteroatoms. The minimum atomic E-state index is -0.523. The number of aromatic nitrogens is 1. The number of amides is 2. The predicted octanol–water partition coefficient (Wildman–Crippen LogP) is 3.16. The van der Waals surface area contributed by atoms with Crippen molar-refractivity contribution in [2.45, 2.75) is 20.4 Å². The SMILES string of the molecule is CCN(C(=O)Cn1c(C(N)=O)cc2sccc21)c1cccc(C)c1. The maximum Gasteiger partial charge on any atom is 0.265 e. The van der Waals surface area contributed by atoms with E-state index in [-0.39, 0.29) is 12.5 Å². The number of anilines is 1. The van der Waals surface area contributed by atoms with Crippen molar-refractivity contribution in [3.05, 3.63) is 53.0 Å². The van der Waals surface area contributed by atoms with Crippen molar-refractivity contribution in [2.75, 3.05) is 11.4 Å². The summed E-state index contributed by atoms with van der Waals surface area (Å²) in [5, 5.41) is 1.94. The van der Waals surface area contributed by atoms with Crippen LogP contribution < -0.4 is 10.6 Å². The highest BCUT2D eigenvalue weighted by molar-refractivity contribution is 7.17. The Labute approximate surface area is 144 Å². The van der Waals surface area contributed by atoms with E-state index < -0.39 is 5.91 Å². The third kappa shape index (κ3) is 2.92. The maximum absolute atomic E-state index is 12.9. The van der Waals surface area contributed by atoms with E-state index in [9.17, 15) is 9.59 Å². The molecule has 3 aromatic rings. The fraction of sp³-hybridized carbons (Fsp3) is 0.222. The number of carbonyl (C=O) groups is 2. The van der Waals surface area contributed by atoms with Gasteiger partial charge in [0.25, 0.3) is 5.91 Å². The molecule has 2 N–H and O–H groups in total. The summed E-state index contributed by atoms with van der Waals surface area (Å²) < 4.78 is 2.66. The summed E-state index contributed by atoms with van der Waals surface area (Å²) >= 11 is 1.53. The van der Waals surface area contributed by atoms with Gasteiger partial charge in [-0.1, -0.05) is 12.1 Å². The lowest BCUT2D eigenvalue weighted by molar-refractivity contribution is -0.119. The average molecular weight is 341 g/mol. The lowest BCUT2D eigenvalue weighted by Crippen LogP contribution is -2.34. The van der Waals surface area contributed by atoms with Crippen LogP contribution in [0.4, 0.5) is 5.69 Å². The molecule has 2 aromatic heterocycles. The second kappa shape index (κ2) is 6.49. The van der Waals surface area contributed by atoms with Crippen molar-refractivity contribution in [3.63, 3.8) is 0 Å². The maximum atomic E-state index is 12.9. The molecule has 0 radical (unpaired) electrons. The molecule has 2 heterocycles. The zero-order valence-electron chi connectivity index (χ0n) is 13.7. The fourth-order valence-corrected chi connectivity index (χ4v) is 3.69. The second-order valence-electron chi connectivity index (χ2n) is 5.63. The van der Waals surface area contributed by atoms with E-state index in [4.69, 9.17) is 5.73 Å². The molecule has 1 aromatic carbocycles. The Morgan fingerprint density at radius 1 is 1.25 bits per heavy atom. The average Bonchev–Trinajstić information content (AvgIpc) is 3.11. The number of carbonyl (C=O) groups excluding carboxylic acids is 2. The van der Waals surface area contributed by atoms with Gasteiger partial charge in [0.05, 0.1) is 10.2 Å². The zero-order chi connectivity index (χ0) is 17.3. The summed E-state index contributed by atoms with van der Waals surface area (Å²) in [5.41, 5.74) is 8.66. The molecule has 3 rings (SSSR count). The molecule has 0 aliphatic carbocycles. The normalized spacial score (nSPS) is 10.9. The van der Waals surface area contributed by atoms with E-state index in [0.29, 0.717) is 12.2 Å². The number of thiophene rings is 1. The number of nitrogens with zero attached hydrogens (tertiary/aromatic N) is 2. The number of fused-ring (bicyclic) bond motifs is 1. The molecule has 0 atom stereocenters. The van der Waals surface area contributed by atoms with Gasteiger partial charge in [-0.3, -0.25) is 9.59 Å². The van der Waals surface area contributed by atoms with Crippen molar-refractivity contribution in [3.8, 4) is 0 Å². The number of likely N-dealkylation sites (N-methyl/N-ethyl adjacent to an activating group) is 1. The van der Waals surface area contributed by atoms with E-state index in [0.717, 1.165) is 21.5 Å². The topological polar surface area (TPSA) is 68.3 Å². The van der Waals surface area contributed by atoms with E-state index in [1.165, 1.54) is 11.3 Å². The molecule has 124 valence electrons. The summed E-state index contributed by atoms with van der Waals surface area (Å²) in [5.74, 6) is -0.598. The van der Waals surface area contributed by atoms with Gasteiger partial charge in [-0.05, 0) is 49.1 Å². The first kappa shape index (κ1) is 16.3. The number of primary amides is 1. The number of aryl methyl sites for hydroxylation is 1. The van der Waals surface area contributed by atoms with Crippen LogP contribution in [0.1, 0.15) is 23.0 Å². The van der Waals surface area contributed by atoms with E-state index in [1.54, 1.807) is 15.5 Å². The van der Waals surface area contributed by atoms with Crippen LogP contribution in [0, 0.1) is 6.92 Å². The van der Waals surface area contributed by atoms with Crippen molar-refractivity contribution in [2.24, 2.45) is 5.73 Å². The number of rotatable bonds is 5. The Hall–Kier alpha value is -2.60. The number of hydrogen-bond acceptors (Lipinski definition) is 3. The van der Waals surface area contributed by atoms with Gasteiger partial charge in [-0.2, -0.15) is 0 Å². The molecule has 0 aliphatic rings. The van der Waals surface area contributed by atoms with Gasteiger partial charge in [0.1, 0.15) is 12.2 Å². The molecular formula is C18H19N3O2S. The summed E-state index contributed by atoms with van der Waals surface area (Å²) in [6.45, 7) is 4.57. The van der Waals surface area contributed by atoms with Crippen LogP contribution in [-0.4, -0.2) is 22.9 Å². The van der Waals surface area contributed by atoms with Crippen LogP contribution in [0.5, 0.6) is 0 Å². The quantitative estimate of drug-likeness (QED) is 0.774. The summed E-state index contributed by atoms with van der Waals surface area (Å²) in [6, 6.07) is 11.5. The standard InChI is InChI=1S/C18H19N3O2S/c1-3-20(13-6-4-5-12(2)9-13)17(22)11-21-14-7-8-24-16(14)10-15(21)18(19)23/h4-10H,3,11H2,1-2H3,(H2,19,23). The highest BCUT2D eigenvalue weighted by atomic mass is 32.1. The van der Waals surface area contributed by atoms with Crippen LogP contribution in [0.15, 0.2) is 41.8 Å². The van der Waals surface area contributed by atoms with Gasteiger partial charge in [-0.25, -0.2) is 0 Å². The molecule has 24 heavy (non-hydrogen) atoms. The molecule has 0 spiro atoms. The first-order valence-electron chi connectivity index (χ1n) is 7.75. The molecule has 5 nitrogen and oxygen atoms in total. The van der Waals surface area contributed by atoms with Gasteiger partial charge in [-0.15, -0.1) is 11.3 Å². The van der Waals surface area contributed by atoms with Gasteiger partial charge in [0.2, 0.25) is 5.91 Å². The number of benzene rings is 1. The van der Waals surface area contributed by atoms with Crippen LogP contribution in [0.3, 0.4) is 0 Å². The molecule has 0 saturated heterocycles. The highest BCUT2D eigenvalue weighted by Crippen LogP contribution is 2.26. The molecule has 0 bridgehead atoms. The van der Waals surface area contributed by atoms with Gasteiger partial charge in [0.15, 0.2) is 0 Å². The number of nitrogens with two attached hydrogens (primary N) is 1. The second-order valence-corrected chi connectivity index (χ2v) is 6.57. The van der Waals surface area contributed by atoms with E-state index in [2.05, 4.69) is 0 Å². The Morgan fingerprint density at radius 2 is 2.04 bits per heavy atom. The van der Waals surface area contributed by atoms with Crippen LogP contribution in [0.2, 0.25) is 0 Å².